The second-order valence-electron chi connectivity index (χ2n) is 4.31. The highest BCUT2D eigenvalue weighted by Gasteiger charge is 2.17. The maximum absolute atomic E-state index is 12.7. The van der Waals surface area contributed by atoms with Crippen molar-refractivity contribution < 1.29 is 4.79 Å². The second-order valence-corrected chi connectivity index (χ2v) is 5.10. The van der Waals surface area contributed by atoms with Crippen molar-refractivity contribution in [3.8, 4) is 0 Å². The number of benzene rings is 2. The molecule has 0 saturated heterocycles. The number of para-hydroxylation sites is 1. The Balaban J connectivity index is 2.21. The van der Waals surface area contributed by atoms with Crippen LogP contribution in [0, 0.1) is 0 Å². The third-order valence-corrected chi connectivity index (χ3v) is 3.89. The van der Waals surface area contributed by atoms with E-state index in [1.54, 1.807) is 30.5 Å². The molecule has 0 atom stereocenters. The summed E-state index contributed by atoms with van der Waals surface area (Å²) in [5.74, 6) is -0.179. The van der Waals surface area contributed by atoms with Crippen LogP contribution in [-0.4, -0.2) is 10.8 Å². The Labute approximate surface area is 126 Å². The largest absolute Gasteiger partial charge is 0.288 e. The van der Waals surface area contributed by atoms with Crippen molar-refractivity contribution in [2.24, 2.45) is 0 Å². The highest BCUT2D eigenvalue weighted by atomic mass is 35.5. The zero-order valence-corrected chi connectivity index (χ0v) is 11.8. The van der Waals surface area contributed by atoms with Crippen LogP contribution < -0.4 is 0 Å². The minimum Gasteiger partial charge on any atom is -0.288 e. The van der Waals surface area contributed by atoms with Gasteiger partial charge in [0.1, 0.15) is 0 Å². The quantitative estimate of drug-likeness (QED) is 0.638. The van der Waals surface area contributed by atoms with Gasteiger partial charge < -0.3 is 0 Å². The van der Waals surface area contributed by atoms with Gasteiger partial charge in [0.15, 0.2) is 5.78 Å². The van der Waals surface area contributed by atoms with Gasteiger partial charge in [0, 0.05) is 22.7 Å². The number of rotatable bonds is 2. The highest BCUT2D eigenvalue weighted by molar-refractivity contribution is 6.44. The number of nitrogens with zero attached hydrogens (tertiary/aromatic N) is 1. The summed E-state index contributed by atoms with van der Waals surface area (Å²) >= 11 is 12.1. The molecule has 0 saturated carbocycles. The smallest absolute Gasteiger partial charge is 0.196 e. The first-order chi connectivity index (χ1) is 9.68. The van der Waals surface area contributed by atoms with Crippen LogP contribution in [0.4, 0.5) is 0 Å². The Morgan fingerprint density at radius 2 is 1.60 bits per heavy atom. The molecule has 0 aliphatic rings. The number of pyridine rings is 1. The molecule has 3 rings (SSSR count). The van der Waals surface area contributed by atoms with Gasteiger partial charge in [-0.2, -0.15) is 0 Å². The van der Waals surface area contributed by atoms with E-state index in [0.29, 0.717) is 21.7 Å². The molecule has 98 valence electrons. The number of aromatic nitrogens is 1. The molecule has 0 amide bonds. The van der Waals surface area contributed by atoms with Gasteiger partial charge in [0.2, 0.25) is 0 Å². The summed E-state index contributed by atoms with van der Waals surface area (Å²) < 4.78 is 0. The van der Waals surface area contributed by atoms with Gasteiger partial charge in [-0.3, -0.25) is 9.78 Å². The molecule has 1 heterocycles. The summed E-state index contributed by atoms with van der Waals surface area (Å²) in [4.78, 5) is 16.9. The molecular weight excluding hydrogens is 293 g/mol. The summed E-state index contributed by atoms with van der Waals surface area (Å²) in [6.07, 6.45) is 1.67. The van der Waals surface area contributed by atoms with E-state index >= 15 is 0 Å². The number of carbonyl (C=O) groups is 1. The van der Waals surface area contributed by atoms with Crippen molar-refractivity contribution in [2.75, 3.05) is 0 Å². The number of hydrogen-bond donors (Lipinski definition) is 0. The summed E-state index contributed by atoms with van der Waals surface area (Å²) in [6.45, 7) is 0. The molecule has 0 spiro atoms. The average Bonchev–Trinajstić information content (AvgIpc) is 2.49. The van der Waals surface area contributed by atoms with Crippen LogP contribution in [0.3, 0.4) is 0 Å². The zero-order chi connectivity index (χ0) is 14.1. The normalized spacial score (nSPS) is 10.7. The molecule has 0 radical (unpaired) electrons. The van der Waals surface area contributed by atoms with Gasteiger partial charge in [-0.15, -0.1) is 0 Å². The van der Waals surface area contributed by atoms with Gasteiger partial charge in [-0.25, -0.2) is 0 Å². The second kappa shape index (κ2) is 5.23. The van der Waals surface area contributed by atoms with Crippen molar-refractivity contribution in [3.63, 3.8) is 0 Å². The molecule has 0 aliphatic heterocycles. The van der Waals surface area contributed by atoms with E-state index in [1.165, 1.54) is 0 Å². The summed E-state index contributed by atoms with van der Waals surface area (Å²) in [7, 11) is 0. The third kappa shape index (κ3) is 2.17. The fourth-order valence-electron chi connectivity index (χ4n) is 2.11. The minimum atomic E-state index is -0.179. The molecular formula is C16H9Cl2NO. The van der Waals surface area contributed by atoms with Gasteiger partial charge in [0.25, 0.3) is 0 Å². The van der Waals surface area contributed by atoms with Gasteiger partial charge in [0.05, 0.1) is 15.6 Å². The monoisotopic (exact) mass is 301 g/mol. The summed E-state index contributed by atoms with van der Waals surface area (Å²) in [5, 5.41) is 1.55. The Morgan fingerprint density at radius 1 is 0.900 bits per heavy atom. The maximum Gasteiger partial charge on any atom is 0.196 e. The predicted octanol–water partition coefficient (Wildman–Crippen LogP) is 4.77. The molecule has 4 heteroatoms. The van der Waals surface area contributed by atoms with Gasteiger partial charge >= 0.3 is 0 Å². The SMILES string of the molecule is O=C(c1cccc(Cl)c1Cl)c1cccc2cccnc12. The molecule has 0 N–H and O–H groups in total. The van der Waals surface area contributed by atoms with Gasteiger partial charge in [-0.1, -0.05) is 47.5 Å². The number of carbonyl (C=O) groups excluding carboxylic acids is 1. The Bertz CT molecular complexity index is 809. The van der Waals surface area contributed by atoms with E-state index < -0.39 is 0 Å². The third-order valence-electron chi connectivity index (χ3n) is 3.07. The Kier molecular flexibility index (Phi) is 3.43. The first-order valence-corrected chi connectivity index (χ1v) is 6.76. The van der Waals surface area contributed by atoms with Crippen molar-refractivity contribution in [3.05, 3.63) is 75.9 Å². The van der Waals surface area contributed by atoms with Gasteiger partial charge in [-0.05, 0) is 24.3 Å². The molecule has 0 aliphatic carbocycles. The van der Waals surface area contributed by atoms with E-state index in [0.717, 1.165) is 5.39 Å². The number of hydrogen-bond acceptors (Lipinski definition) is 2. The highest BCUT2D eigenvalue weighted by Crippen LogP contribution is 2.28. The first kappa shape index (κ1) is 13.1. The Hall–Kier alpha value is -1.90. The Morgan fingerprint density at radius 3 is 2.45 bits per heavy atom. The summed E-state index contributed by atoms with van der Waals surface area (Å²) in [5.41, 5.74) is 1.57. The fraction of sp³-hybridized carbons (Fsp3) is 0. The predicted molar refractivity (Wildman–Crippen MR) is 81.6 cm³/mol. The standard InChI is InChI=1S/C16H9Cl2NO/c17-13-8-2-6-11(14(13)18)16(20)12-7-1-4-10-5-3-9-19-15(10)12/h1-9H. The lowest BCUT2D eigenvalue weighted by atomic mass is 10.0. The molecule has 20 heavy (non-hydrogen) atoms. The lowest BCUT2D eigenvalue weighted by molar-refractivity contribution is 0.104. The van der Waals surface area contributed by atoms with E-state index in [2.05, 4.69) is 4.98 Å². The van der Waals surface area contributed by atoms with Crippen LogP contribution in [0.5, 0.6) is 0 Å². The van der Waals surface area contributed by atoms with Crippen molar-refractivity contribution in [1.82, 2.24) is 4.98 Å². The number of ketones is 1. The van der Waals surface area contributed by atoms with Crippen molar-refractivity contribution >= 4 is 39.9 Å². The van der Waals surface area contributed by atoms with Crippen LogP contribution >= 0.6 is 23.2 Å². The van der Waals surface area contributed by atoms with E-state index in [-0.39, 0.29) is 10.8 Å². The molecule has 2 aromatic carbocycles. The van der Waals surface area contributed by atoms with Crippen LogP contribution in [0.15, 0.2) is 54.7 Å². The van der Waals surface area contributed by atoms with Crippen LogP contribution in [0.1, 0.15) is 15.9 Å². The fourth-order valence-corrected chi connectivity index (χ4v) is 2.50. The lowest BCUT2D eigenvalue weighted by Gasteiger charge is -2.07. The molecule has 0 fully saturated rings. The molecule has 0 bridgehead atoms. The number of fused-ring (bicyclic) bond motifs is 1. The van der Waals surface area contributed by atoms with Crippen LogP contribution in [0.25, 0.3) is 10.9 Å². The zero-order valence-electron chi connectivity index (χ0n) is 10.3. The van der Waals surface area contributed by atoms with Crippen LogP contribution in [0.2, 0.25) is 10.0 Å². The minimum absolute atomic E-state index is 0.179. The molecule has 0 unspecified atom stereocenters. The summed E-state index contributed by atoms with van der Waals surface area (Å²) in [6, 6.07) is 14.3. The van der Waals surface area contributed by atoms with Crippen molar-refractivity contribution in [1.29, 1.82) is 0 Å². The van der Waals surface area contributed by atoms with E-state index in [1.807, 2.05) is 24.3 Å². The topological polar surface area (TPSA) is 30.0 Å². The number of halogens is 2. The van der Waals surface area contributed by atoms with Crippen molar-refractivity contribution in [2.45, 2.75) is 0 Å². The molecule has 1 aromatic heterocycles. The average molecular weight is 302 g/mol. The molecule has 3 aromatic rings. The van der Waals surface area contributed by atoms with E-state index in [9.17, 15) is 4.79 Å². The van der Waals surface area contributed by atoms with Crippen LogP contribution in [-0.2, 0) is 0 Å². The maximum atomic E-state index is 12.7. The lowest BCUT2D eigenvalue weighted by Crippen LogP contribution is -2.04. The van der Waals surface area contributed by atoms with E-state index in [4.69, 9.17) is 23.2 Å². The first-order valence-electron chi connectivity index (χ1n) is 6.01. The molecule has 2 nitrogen and oxygen atoms in total.